The van der Waals surface area contributed by atoms with E-state index in [1.165, 1.54) is 12.1 Å². The molecular formula is C10H14N3O4PS. The van der Waals surface area contributed by atoms with Crippen LogP contribution in [0.25, 0.3) is 0 Å². The lowest BCUT2D eigenvalue weighted by atomic mass is 10.1. The van der Waals surface area contributed by atoms with Crippen LogP contribution in [0.2, 0.25) is 0 Å². The molecule has 1 rings (SSSR count). The first-order valence-corrected chi connectivity index (χ1v) is 7.87. The molecule has 9 heteroatoms. The Kier molecular flexibility index (Phi) is 5.69. The van der Waals surface area contributed by atoms with E-state index in [1.54, 1.807) is 0 Å². The summed E-state index contributed by atoms with van der Waals surface area (Å²) in [7, 11) is 0. The van der Waals surface area contributed by atoms with Gasteiger partial charge in [-0.05, 0) is 18.1 Å². The van der Waals surface area contributed by atoms with E-state index < -0.39 is 6.72 Å². The second kappa shape index (κ2) is 6.82. The quantitative estimate of drug-likeness (QED) is 0.534. The van der Waals surface area contributed by atoms with Gasteiger partial charge in [0.15, 0.2) is 0 Å². The van der Waals surface area contributed by atoms with E-state index in [0.717, 1.165) is 6.42 Å². The van der Waals surface area contributed by atoms with Crippen molar-refractivity contribution >= 4 is 18.5 Å². The van der Waals surface area contributed by atoms with Crippen LogP contribution in [-0.2, 0) is 27.5 Å². The molecule has 7 nitrogen and oxygen atoms in total. The Bertz CT molecular complexity index is 538. The van der Waals surface area contributed by atoms with Crippen LogP contribution in [-0.4, -0.2) is 5.11 Å². The Morgan fingerprint density at radius 2 is 2.05 bits per heavy atom. The highest BCUT2D eigenvalue weighted by atomic mass is 32.5. The summed E-state index contributed by atoms with van der Waals surface area (Å²) in [6.07, 6.45) is 1.41. The van der Waals surface area contributed by atoms with Gasteiger partial charge >= 0.3 is 6.72 Å². The van der Waals surface area contributed by atoms with Crippen LogP contribution in [0, 0.1) is 11.3 Å². The Morgan fingerprint density at radius 3 is 2.53 bits per heavy atom. The largest absolute Gasteiger partial charge is 0.507 e. The van der Waals surface area contributed by atoms with Gasteiger partial charge in [-0.25, -0.2) is 21.0 Å². The molecule has 0 bridgehead atoms. The number of nitrogens with zero attached hydrogens (tertiary/aromatic N) is 1. The minimum Gasteiger partial charge on any atom is -0.507 e. The molecule has 0 fully saturated rings. The molecule has 0 aliphatic carbocycles. The van der Waals surface area contributed by atoms with Gasteiger partial charge in [0.05, 0.1) is 5.56 Å². The molecular weight excluding hydrogens is 289 g/mol. The van der Waals surface area contributed by atoms with E-state index in [2.05, 4.69) is 9.25 Å². The molecule has 0 amide bonds. The SMILES string of the molecule is CCCc1cc(O)c(C#N)cc1OP(=S)(ON)ON. The van der Waals surface area contributed by atoms with Gasteiger partial charge in [-0.1, -0.05) is 13.3 Å². The van der Waals surface area contributed by atoms with Gasteiger partial charge in [0.2, 0.25) is 0 Å². The van der Waals surface area contributed by atoms with E-state index in [0.29, 0.717) is 12.0 Å². The van der Waals surface area contributed by atoms with E-state index in [4.69, 9.17) is 33.4 Å². The van der Waals surface area contributed by atoms with Gasteiger partial charge in [-0.15, -0.1) is 0 Å². The predicted octanol–water partition coefficient (Wildman–Crippen LogP) is 1.60. The van der Waals surface area contributed by atoms with Crippen LogP contribution in [0.15, 0.2) is 12.1 Å². The molecule has 0 saturated carbocycles. The third kappa shape index (κ3) is 3.88. The fourth-order valence-electron chi connectivity index (χ4n) is 1.44. The number of nitrogens with two attached hydrogens (primary N) is 2. The number of phenols is 1. The zero-order chi connectivity index (χ0) is 14.5. The molecule has 0 heterocycles. The number of aromatic hydroxyl groups is 1. The van der Waals surface area contributed by atoms with Crippen molar-refractivity contribution in [3.63, 3.8) is 0 Å². The summed E-state index contributed by atoms with van der Waals surface area (Å²) in [5.74, 6) is 10.1. The number of phenolic OH excluding ortho intramolecular Hbond substituents is 1. The van der Waals surface area contributed by atoms with Gasteiger partial charge in [-0.3, -0.25) is 0 Å². The molecule has 0 unspecified atom stereocenters. The molecule has 0 radical (unpaired) electrons. The third-order valence-corrected chi connectivity index (χ3v) is 3.96. The van der Waals surface area contributed by atoms with Gasteiger partial charge in [0.25, 0.3) is 0 Å². The fraction of sp³-hybridized carbons (Fsp3) is 0.300. The Labute approximate surface area is 115 Å². The van der Waals surface area contributed by atoms with Crippen LogP contribution in [0.5, 0.6) is 11.5 Å². The first kappa shape index (κ1) is 15.9. The van der Waals surface area contributed by atoms with E-state index in [-0.39, 0.29) is 17.1 Å². The number of hydrogen-bond donors (Lipinski definition) is 3. The molecule has 19 heavy (non-hydrogen) atoms. The minimum absolute atomic E-state index is 0.0467. The zero-order valence-corrected chi connectivity index (χ0v) is 11.9. The standard InChI is InChI=1S/C10H14N3O4PS/c1-2-3-7-4-9(14)8(6-11)5-10(7)15-18(19,16-12)17-13/h4-5,14H,2-3,12-13H2,1H3. The highest BCUT2D eigenvalue weighted by Crippen LogP contribution is 2.48. The number of benzene rings is 1. The average Bonchev–Trinajstić information content (AvgIpc) is 2.41. The summed E-state index contributed by atoms with van der Waals surface area (Å²) < 4.78 is 14.2. The highest BCUT2D eigenvalue weighted by molar-refractivity contribution is 8.07. The van der Waals surface area contributed by atoms with Gasteiger partial charge < -0.3 is 9.63 Å². The monoisotopic (exact) mass is 303 g/mol. The van der Waals surface area contributed by atoms with Gasteiger partial charge in [-0.2, -0.15) is 5.26 Å². The van der Waals surface area contributed by atoms with Crippen LogP contribution in [0.1, 0.15) is 24.5 Å². The fourth-order valence-corrected chi connectivity index (χ4v) is 2.23. The van der Waals surface area contributed by atoms with Crippen molar-refractivity contribution in [1.29, 1.82) is 5.26 Å². The summed E-state index contributed by atoms with van der Waals surface area (Å²) in [4.78, 5) is 0. The van der Waals surface area contributed by atoms with Gasteiger partial charge in [0, 0.05) is 17.9 Å². The average molecular weight is 303 g/mol. The summed E-state index contributed by atoms with van der Waals surface area (Å²) >= 11 is 4.89. The molecule has 0 aromatic heterocycles. The number of hydrogen-bond acceptors (Lipinski definition) is 8. The summed E-state index contributed by atoms with van der Waals surface area (Å²) in [5.41, 5.74) is 0.702. The Balaban J connectivity index is 3.24. The number of rotatable bonds is 6. The lowest BCUT2D eigenvalue weighted by Crippen LogP contribution is -2.10. The first-order valence-electron chi connectivity index (χ1n) is 5.32. The maximum Gasteiger partial charge on any atom is 0.414 e. The van der Waals surface area contributed by atoms with Crippen LogP contribution in [0.4, 0.5) is 0 Å². The van der Waals surface area contributed by atoms with Crippen molar-refractivity contribution in [3.8, 4) is 17.6 Å². The molecule has 0 saturated heterocycles. The number of aryl methyl sites for hydroxylation is 1. The topological polar surface area (TPSA) is 124 Å². The zero-order valence-electron chi connectivity index (χ0n) is 10.2. The number of nitriles is 1. The predicted molar refractivity (Wildman–Crippen MR) is 72.3 cm³/mol. The second-order valence-corrected chi connectivity index (χ2v) is 6.43. The summed E-state index contributed by atoms with van der Waals surface area (Å²) in [6, 6.07) is 4.61. The first-order chi connectivity index (χ1) is 8.99. The van der Waals surface area contributed by atoms with E-state index in [9.17, 15) is 5.11 Å². The van der Waals surface area contributed by atoms with Crippen molar-refractivity contribution in [2.45, 2.75) is 19.8 Å². The maximum atomic E-state index is 9.65. The summed E-state index contributed by atoms with van der Waals surface area (Å²) in [6.45, 7) is -1.35. The molecule has 5 N–H and O–H groups in total. The lowest BCUT2D eigenvalue weighted by Gasteiger charge is -2.19. The molecule has 0 spiro atoms. The van der Waals surface area contributed by atoms with Crippen LogP contribution >= 0.6 is 6.72 Å². The smallest absolute Gasteiger partial charge is 0.414 e. The minimum atomic E-state index is -3.30. The van der Waals surface area contributed by atoms with Crippen molar-refractivity contribution in [2.75, 3.05) is 0 Å². The molecule has 1 aromatic rings. The molecule has 0 aliphatic heterocycles. The Morgan fingerprint density at radius 1 is 1.42 bits per heavy atom. The van der Waals surface area contributed by atoms with E-state index in [1.807, 2.05) is 13.0 Å². The van der Waals surface area contributed by atoms with Crippen molar-refractivity contribution < 1.29 is 18.9 Å². The van der Waals surface area contributed by atoms with Crippen LogP contribution in [0.3, 0.4) is 0 Å². The van der Waals surface area contributed by atoms with Crippen molar-refractivity contribution in [1.82, 2.24) is 0 Å². The Hall–Kier alpha value is -1.20. The molecule has 0 aliphatic rings. The molecule has 104 valence electrons. The van der Waals surface area contributed by atoms with Crippen molar-refractivity contribution in [2.24, 2.45) is 11.8 Å². The molecule has 1 aromatic carbocycles. The summed E-state index contributed by atoms with van der Waals surface area (Å²) in [5, 5.41) is 18.5. The second-order valence-electron chi connectivity index (χ2n) is 3.59. The van der Waals surface area contributed by atoms with E-state index >= 15 is 0 Å². The lowest BCUT2D eigenvalue weighted by molar-refractivity contribution is 0.208. The third-order valence-electron chi connectivity index (χ3n) is 2.29. The van der Waals surface area contributed by atoms with Gasteiger partial charge in [0.1, 0.15) is 17.6 Å². The maximum absolute atomic E-state index is 9.65. The molecule has 0 atom stereocenters. The van der Waals surface area contributed by atoms with Crippen molar-refractivity contribution in [3.05, 3.63) is 23.3 Å². The van der Waals surface area contributed by atoms with Crippen LogP contribution < -0.4 is 16.3 Å². The normalized spacial score (nSPS) is 11.1. The highest BCUT2D eigenvalue weighted by Gasteiger charge is 2.23.